The molecular weight excluding hydrogens is 446 g/mol. The van der Waals surface area contributed by atoms with E-state index in [1.54, 1.807) is 19.9 Å². The maximum absolute atomic E-state index is 10.5. The summed E-state index contributed by atoms with van der Waals surface area (Å²) < 4.78 is 13.6. The van der Waals surface area contributed by atoms with Gasteiger partial charge in [-0.2, -0.15) is 5.26 Å². The molecule has 0 radical (unpaired) electrons. The fourth-order valence-corrected chi connectivity index (χ4v) is 0.839. The highest BCUT2D eigenvalue weighted by atomic mass is 16.5. The smallest absolute Gasteiger partial charge is 0.333 e. The molecule has 0 aromatic rings. The summed E-state index contributed by atoms with van der Waals surface area (Å²) in [7, 11) is 0. The van der Waals surface area contributed by atoms with Crippen LogP contribution in [0.15, 0.2) is 62.8 Å². The number of esters is 3. The molecule has 0 aliphatic rings. The maximum atomic E-state index is 10.5. The van der Waals surface area contributed by atoms with Crippen LogP contribution in [0.5, 0.6) is 0 Å². The largest absolute Gasteiger partial charge is 0.478 e. The summed E-state index contributed by atoms with van der Waals surface area (Å²) in [5.41, 5.74) is 0.350. The number of aliphatic hydroxyl groups excluding tert-OH is 1. The first-order valence-electron chi connectivity index (χ1n) is 9.86. The molecule has 2 N–H and O–H groups in total. The molecule has 0 aromatic carbocycles. The molecular formula is C24H37NO9. The van der Waals surface area contributed by atoms with Crippen LogP contribution in [0.4, 0.5) is 0 Å². The molecule has 10 nitrogen and oxygen atoms in total. The van der Waals surface area contributed by atoms with Gasteiger partial charge < -0.3 is 24.4 Å². The van der Waals surface area contributed by atoms with Crippen molar-refractivity contribution in [2.75, 3.05) is 26.4 Å². The quantitative estimate of drug-likeness (QED) is 0.155. The van der Waals surface area contributed by atoms with Gasteiger partial charge >= 0.3 is 23.9 Å². The fraction of sp³-hybridized carbons (Fsp3) is 0.375. The van der Waals surface area contributed by atoms with Crippen LogP contribution in [-0.2, 0) is 33.4 Å². The van der Waals surface area contributed by atoms with E-state index in [0.29, 0.717) is 18.8 Å². The third-order valence-electron chi connectivity index (χ3n) is 2.30. The number of carbonyl (C=O) groups is 4. The number of hydrogen-bond donors (Lipinski definition) is 2. The average Bonchev–Trinajstić information content (AvgIpc) is 2.83. The second-order valence-electron chi connectivity index (χ2n) is 5.20. The Hall–Kier alpha value is -3.97. The Morgan fingerprint density at radius 2 is 1.35 bits per heavy atom. The van der Waals surface area contributed by atoms with Crippen molar-refractivity contribution < 1.29 is 43.6 Å². The van der Waals surface area contributed by atoms with Crippen molar-refractivity contribution in [1.29, 1.82) is 5.26 Å². The second kappa shape index (κ2) is 36.4. The molecule has 10 heteroatoms. The number of hydrogen-bond acceptors (Lipinski definition) is 9. The predicted molar refractivity (Wildman–Crippen MR) is 129 cm³/mol. The Labute approximate surface area is 202 Å². The zero-order valence-electron chi connectivity index (χ0n) is 20.3. The highest BCUT2D eigenvalue weighted by Gasteiger charge is 1.99. The Bertz CT molecular complexity index is 660. The average molecular weight is 484 g/mol. The fourth-order valence-electron chi connectivity index (χ4n) is 0.839. The minimum atomic E-state index is -0.981. The van der Waals surface area contributed by atoms with E-state index in [2.05, 4.69) is 47.1 Å². The van der Waals surface area contributed by atoms with Gasteiger partial charge in [-0.1, -0.05) is 46.2 Å². The van der Waals surface area contributed by atoms with Crippen LogP contribution >= 0.6 is 0 Å². The molecule has 34 heavy (non-hydrogen) atoms. The van der Waals surface area contributed by atoms with Crippen molar-refractivity contribution in [3.8, 4) is 6.07 Å². The van der Waals surface area contributed by atoms with Gasteiger partial charge in [-0.3, -0.25) is 0 Å². The van der Waals surface area contributed by atoms with E-state index in [0.717, 1.165) is 25.0 Å². The van der Waals surface area contributed by atoms with Crippen LogP contribution in [0, 0.1) is 11.3 Å². The van der Waals surface area contributed by atoms with Crippen LogP contribution in [0.25, 0.3) is 0 Å². The molecule has 0 unspecified atom stereocenters. The van der Waals surface area contributed by atoms with E-state index < -0.39 is 11.9 Å². The van der Waals surface area contributed by atoms with E-state index in [1.165, 1.54) is 12.2 Å². The van der Waals surface area contributed by atoms with Gasteiger partial charge in [0.2, 0.25) is 0 Å². The third kappa shape index (κ3) is 56.6. The number of allylic oxidation sites excluding steroid dienone is 1. The first-order valence-corrected chi connectivity index (χ1v) is 9.86. The third-order valence-corrected chi connectivity index (χ3v) is 2.30. The SMILES string of the molecule is C=C(C)C(=O)OCCO.C=CC#N.C=CC(=O)O.C=CC(=O)OCC.C=CC(=O)OCCCC. The molecule has 0 fully saturated rings. The maximum Gasteiger partial charge on any atom is 0.333 e. The molecule has 0 aromatic heterocycles. The summed E-state index contributed by atoms with van der Waals surface area (Å²) in [6.07, 6.45) is 6.31. The molecule has 0 bridgehead atoms. The van der Waals surface area contributed by atoms with E-state index in [9.17, 15) is 19.2 Å². The number of unbranched alkanes of at least 4 members (excludes halogenated alkanes) is 1. The number of rotatable bonds is 10. The first kappa shape index (κ1) is 40.4. The van der Waals surface area contributed by atoms with E-state index in [4.69, 9.17) is 15.5 Å². The number of carboxylic acids is 1. The molecule has 0 aliphatic carbocycles. The summed E-state index contributed by atoms with van der Waals surface area (Å²) in [6.45, 7) is 22.1. The minimum absolute atomic E-state index is 0.0473. The van der Waals surface area contributed by atoms with Crippen molar-refractivity contribution in [3.63, 3.8) is 0 Å². The molecule has 0 rings (SSSR count). The summed E-state index contributed by atoms with van der Waals surface area (Å²) in [4.78, 5) is 40.1. The number of ether oxygens (including phenoxy) is 3. The normalized spacial score (nSPS) is 7.50. The lowest BCUT2D eigenvalue weighted by molar-refractivity contribution is -0.140. The first-order chi connectivity index (χ1) is 16.0. The Balaban J connectivity index is -0.000000106. The van der Waals surface area contributed by atoms with Crippen LogP contribution in [0.2, 0.25) is 0 Å². The molecule has 0 saturated carbocycles. The van der Waals surface area contributed by atoms with Gasteiger partial charge in [0.05, 0.1) is 25.9 Å². The van der Waals surface area contributed by atoms with Gasteiger partial charge in [0.15, 0.2) is 0 Å². The predicted octanol–water partition coefficient (Wildman–Crippen LogP) is 3.30. The number of aliphatic hydroxyl groups is 1. The van der Waals surface area contributed by atoms with Gasteiger partial charge in [0, 0.05) is 29.9 Å². The Morgan fingerprint density at radius 3 is 1.59 bits per heavy atom. The molecule has 0 amide bonds. The van der Waals surface area contributed by atoms with Crippen LogP contribution in [-0.4, -0.2) is 60.5 Å². The highest BCUT2D eigenvalue weighted by Crippen LogP contribution is 1.90. The van der Waals surface area contributed by atoms with Crippen LogP contribution in [0.3, 0.4) is 0 Å². The number of aliphatic carboxylic acids is 1. The summed E-state index contributed by atoms with van der Waals surface area (Å²) in [5.74, 6) is -2.12. The highest BCUT2D eigenvalue weighted by molar-refractivity contribution is 5.86. The van der Waals surface area contributed by atoms with E-state index in [-0.39, 0.29) is 25.2 Å². The number of nitriles is 1. The molecule has 0 atom stereocenters. The van der Waals surface area contributed by atoms with Crippen LogP contribution < -0.4 is 0 Å². The molecule has 0 spiro atoms. The Morgan fingerprint density at radius 1 is 0.912 bits per heavy atom. The zero-order valence-corrected chi connectivity index (χ0v) is 20.3. The molecule has 0 aliphatic heterocycles. The summed E-state index contributed by atoms with van der Waals surface area (Å²) >= 11 is 0. The number of carbonyl (C=O) groups excluding carboxylic acids is 3. The molecule has 192 valence electrons. The topological polar surface area (TPSA) is 160 Å². The zero-order chi connectivity index (χ0) is 27.8. The van der Waals surface area contributed by atoms with Crippen molar-refractivity contribution in [2.45, 2.75) is 33.6 Å². The molecule has 0 heterocycles. The van der Waals surface area contributed by atoms with Crippen molar-refractivity contribution in [2.24, 2.45) is 0 Å². The van der Waals surface area contributed by atoms with Crippen molar-refractivity contribution in [1.82, 2.24) is 0 Å². The lowest BCUT2D eigenvalue weighted by Crippen LogP contribution is -2.08. The van der Waals surface area contributed by atoms with E-state index >= 15 is 0 Å². The monoisotopic (exact) mass is 483 g/mol. The van der Waals surface area contributed by atoms with Crippen LogP contribution in [0.1, 0.15) is 33.6 Å². The van der Waals surface area contributed by atoms with E-state index in [1.807, 2.05) is 6.92 Å². The van der Waals surface area contributed by atoms with Gasteiger partial charge in [-0.15, -0.1) is 0 Å². The van der Waals surface area contributed by atoms with Gasteiger partial charge in [0.1, 0.15) is 6.61 Å². The minimum Gasteiger partial charge on any atom is -0.478 e. The number of carboxylic acid groups (broad SMARTS) is 1. The van der Waals surface area contributed by atoms with Gasteiger partial charge in [0.25, 0.3) is 0 Å². The Kier molecular flexibility index (Phi) is 43.3. The van der Waals surface area contributed by atoms with Crippen molar-refractivity contribution >= 4 is 23.9 Å². The summed E-state index contributed by atoms with van der Waals surface area (Å²) in [6, 6.07) is 1.69. The molecule has 0 saturated heterocycles. The summed E-state index contributed by atoms with van der Waals surface area (Å²) in [5, 5.41) is 23.3. The lowest BCUT2D eigenvalue weighted by atomic mass is 10.4. The van der Waals surface area contributed by atoms with Gasteiger partial charge in [-0.25, -0.2) is 19.2 Å². The van der Waals surface area contributed by atoms with Gasteiger partial charge in [-0.05, 0) is 20.3 Å². The van der Waals surface area contributed by atoms with Crippen molar-refractivity contribution in [3.05, 3.63) is 62.8 Å². The second-order valence-corrected chi connectivity index (χ2v) is 5.20. The standard InChI is InChI=1S/C7H12O2.C6H10O3.C5H8O2.C3H3N.C3H4O2/c1-3-5-6-9-7(8)4-2;1-5(2)6(8)9-4-3-7;1-3-5(6)7-4-2;1-2-3-4;1-2-3(4)5/h4H,2-3,5-6H2,1H3;7H,1,3-4H2,2H3;3H,1,4H2,2H3;2H,1H2;2H,1H2,(H,4,5). The number of nitrogens with zero attached hydrogens (tertiary/aromatic N) is 1. The lowest BCUT2D eigenvalue weighted by Gasteiger charge is -1.99.